The van der Waals surface area contributed by atoms with Crippen LogP contribution in [-0.2, 0) is 11.3 Å². The first-order chi connectivity index (χ1) is 14.6. The van der Waals surface area contributed by atoms with Crippen LogP contribution in [-0.4, -0.2) is 56.1 Å². The first kappa shape index (κ1) is 19.4. The number of carbonyl (C=O) groups excluding carboxylic acids is 1. The molecule has 10 heteroatoms. The molecule has 0 spiro atoms. The number of nitrogens with zero attached hydrogens (tertiary/aromatic N) is 6. The highest BCUT2D eigenvalue weighted by Gasteiger charge is 2.17. The Bertz CT molecular complexity index is 1180. The lowest BCUT2D eigenvalue weighted by atomic mass is 10.2. The van der Waals surface area contributed by atoms with Crippen LogP contribution >= 0.6 is 0 Å². The van der Waals surface area contributed by atoms with Gasteiger partial charge < -0.3 is 18.8 Å². The molecule has 0 fully saturated rings. The lowest BCUT2D eigenvalue weighted by Gasteiger charge is -2.09. The van der Waals surface area contributed by atoms with Crippen molar-refractivity contribution in [1.29, 1.82) is 0 Å². The van der Waals surface area contributed by atoms with E-state index in [1.807, 2.05) is 28.8 Å². The molecule has 1 aromatic carbocycles. The highest BCUT2D eigenvalue weighted by Crippen LogP contribution is 2.24. The number of aromatic nitrogens is 6. The van der Waals surface area contributed by atoms with Gasteiger partial charge in [0.05, 0.1) is 38.9 Å². The largest absolute Gasteiger partial charge is 0.497 e. The third-order valence-electron chi connectivity index (χ3n) is 4.43. The molecule has 0 radical (unpaired) electrons. The maximum Gasteiger partial charge on any atom is 0.341 e. The minimum absolute atomic E-state index is 0.240. The van der Waals surface area contributed by atoms with Crippen LogP contribution in [0, 0.1) is 0 Å². The van der Waals surface area contributed by atoms with Gasteiger partial charge in [-0.05, 0) is 24.6 Å². The van der Waals surface area contributed by atoms with Gasteiger partial charge in [-0.15, -0.1) is 0 Å². The van der Waals surface area contributed by atoms with E-state index >= 15 is 0 Å². The molecule has 0 amide bonds. The molecule has 30 heavy (non-hydrogen) atoms. The van der Waals surface area contributed by atoms with E-state index in [0.29, 0.717) is 29.2 Å². The fraction of sp³-hybridized carbons (Fsp3) is 0.250. The second kappa shape index (κ2) is 8.19. The van der Waals surface area contributed by atoms with Crippen LogP contribution in [0.15, 0.2) is 43.0 Å². The van der Waals surface area contributed by atoms with Gasteiger partial charge in [0.1, 0.15) is 5.75 Å². The number of ether oxygens (including phenoxy) is 3. The number of esters is 1. The zero-order chi connectivity index (χ0) is 21.1. The van der Waals surface area contributed by atoms with Crippen molar-refractivity contribution < 1.29 is 19.0 Å². The number of carbonyl (C=O) groups is 1. The molecule has 3 aromatic heterocycles. The molecule has 0 bridgehead atoms. The van der Waals surface area contributed by atoms with Gasteiger partial charge in [0.25, 0.3) is 5.95 Å². The number of benzene rings is 1. The summed E-state index contributed by atoms with van der Waals surface area (Å²) in [4.78, 5) is 25.2. The van der Waals surface area contributed by atoms with E-state index < -0.39 is 5.97 Å². The van der Waals surface area contributed by atoms with Crippen LogP contribution < -0.4 is 9.47 Å². The normalized spacial score (nSPS) is 10.9. The Morgan fingerprint density at radius 2 is 1.90 bits per heavy atom. The number of rotatable bonds is 7. The van der Waals surface area contributed by atoms with Gasteiger partial charge in [0.15, 0.2) is 11.2 Å². The van der Waals surface area contributed by atoms with Crippen molar-refractivity contribution in [3.63, 3.8) is 0 Å². The van der Waals surface area contributed by atoms with E-state index in [9.17, 15) is 4.79 Å². The summed E-state index contributed by atoms with van der Waals surface area (Å²) in [6.07, 6.45) is 4.59. The van der Waals surface area contributed by atoms with E-state index in [-0.39, 0.29) is 12.6 Å². The molecule has 0 saturated carbocycles. The standard InChI is InChI=1S/C20H20N6O4/c1-4-30-19(27)14-9-22-26(11-14)20-23-17-16(18(24-20)29-3)25(12-21-17)10-13-5-7-15(28-2)8-6-13/h5-9,11-12H,4,10H2,1-3H3. The van der Waals surface area contributed by atoms with Crippen LogP contribution in [0.2, 0.25) is 0 Å². The molecule has 0 saturated heterocycles. The molecule has 0 N–H and O–H groups in total. The Morgan fingerprint density at radius 3 is 2.60 bits per heavy atom. The van der Waals surface area contributed by atoms with Gasteiger partial charge >= 0.3 is 5.97 Å². The maximum atomic E-state index is 11.9. The van der Waals surface area contributed by atoms with Crippen LogP contribution in [0.5, 0.6) is 11.6 Å². The molecular formula is C20H20N6O4. The summed E-state index contributed by atoms with van der Waals surface area (Å²) in [5, 5.41) is 4.15. The summed E-state index contributed by atoms with van der Waals surface area (Å²) in [5.41, 5.74) is 2.49. The Labute approximate surface area is 172 Å². The molecule has 0 aliphatic heterocycles. The van der Waals surface area contributed by atoms with E-state index in [0.717, 1.165) is 11.3 Å². The summed E-state index contributed by atoms with van der Waals surface area (Å²) in [6.45, 7) is 2.59. The number of methoxy groups -OCH3 is 2. The average Bonchev–Trinajstić information content (AvgIpc) is 3.42. The van der Waals surface area contributed by atoms with Crippen molar-refractivity contribution in [2.45, 2.75) is 13.5 Å². The van der Waals surface area contributed by atoms with Gasteiger partial charge in [0, 0.05) is 12.7 Å². The van der Waals surface area contributed by atoms with Crippen molar-refractivity contribution in [3.05, 3.63) is 54.1 Å². The van der Waals surface area contributed by atoms with Gasteiger partial charge in [-0.25, -0.2) is 14.5 Å². The molecule has 4 rings (SSSR count). The topological polar surface area (TPSA) is 106 Å². The summed E-state index contributed by atoms with van der Waals surface area (Å²) < 4.78 is 19.0. The van der Waals surface area contributed by atoms with Crippen molar-refractivity contribution >= 4 is 17.1 Å². The highest BCUT2D eigenvalue weighted by molar-refractivity contribution is 5.88. The van der Waals surface area contributed by atoms with Crippen LogP contribution in [0.1, 0.15) is 22.8 Å². The lowest BCUT2D eigenvalue weighted by Crippen LogP contribution is -2.07. The maximum absolute atomic E-state index is 11.9. The highest BCUT2D eigenvalue weighted by atomic mass is 16.5. The Hall–Kier alpha value is -3.95. The van der Waals surface area contributed by atoms with Gasteiger partial charge in [-0.3, -0.25) is 0 Å². The summed E-state index contributed by atoms with van der Waals surface area (Å²) >= 11 is 0. The fourth-order valence-corrected chi connectivity index (χ4v) is 2.98. The molecule has 154 valence electrons. The number of hydrogen-bond acceptors (Lipinski definition) is 8. The molecule has 0 atom stereocenters. The van der Waals surface area contributed by atoms with Crippen molar-refractivity contribution in [1.82, 2.24) is 29.3 Å². The second-order valence-corrected chi connectivity index (χ2v) is 6.32. The molecule has 10 nitrogen and oxygen atoms in total. The lowest BCUT2D eigenvalue weighted by molar-refractivity contribution is 0.0526. The van der Waals surface area contributed by atoms with Crippen molar-refractivity contribution in [2.24, 2.45) is 0 Å². The predicted octanol–water partition coefficient (Wildman–Crippen LogP) is 2.25. The molecule has 0 aliphatic carbocycles. The third kappa shape index (κ3) is 3.66. The van der Waals surface area contributed by atoms with Gasteiger partial charge in [0.2, 0.25) is 5.88 Å². The van der Waals surface area contributed by atoms with E-state index in [1.165, 1.54) is 24.2 Å². The molecule has 0 unspecified atom stereocenters. The van der Waals surface area contributed by atoms with E-state index in [4.69, 9.17) is 14.2 Å². The minimum atomic E-state index is -0.458. The minimum Gasteiger partial charge on any atom is -0.497 e. The van der Waals surface area contributed by atoms with Crippen molar-refractivity contribution in [2.75, 3.05) is 20.8 Å². The smallest absolute Gasteiger partial charge is 0.341 e. The first-order valence-electron chi connectivity index (χ1n) is 9.25. The molecular weight excluding hydrogens is 388 g/mol. The monoisotopic (exact) mass is 408 g/mol. The Kier molecular flexibility index (Phi) is 5.29. The Morgan fingerprint density at radius 1 is 1.10 bits per heavy atom. The Balaban J connectivity index is 1.68. The zero-order valence-corrected chi connectivity index (χ0v) is 16.8. The number of hydrogen-bond donors (Lipinski definition) is 0. The van der Waals surface area contributed by atoms with Crippen LogP contribution in [0.25, 0.3) is 17.1 Å². The zero-order valence-electron chi connectivity index (χ0n) is 16.8. The van der Waals surface area contributed by atoms with E-state index in [2.05, 4.69) is 20.1 Å². The summed E-state index contributed by atoms with van der Waals surface area (Å²) in [5.74, 6) is 0.931. The van der Waals surface area contributed by atoms with Crippen LogP contribution in [0.3, 0.4) is 0 Å². The third-order valence-corrected chi connectivity index (χ3v) is 4.43. The van der Waals surface area contributed by atoms with Gasteiger partial charge in [-0.1, -0.05) is 12.1 Å². The summed E-state index contributed by atoms with van der Waals surface area (Å²) in [7, 11) is 3.16. The second-order valence-electron chi connectivity index (χ2n) is 6.32. The predicted molar refractivity (Wildman–Crippen MR) is 107 cm³/mol. The van der Waals surface area contributed by atoms with Crippen molar-refractivity contribution in [3.8, 4) is 17.6 Å². The van der Waals surface area contributed by atoms with Gasteiger partial charge in [-0.2, -0.15) is 15.1 Å². The fourth-order valence-electron chi connectivity index (χ4n) is 2.98. The van der Waals surface area contributed by atoms with E-state index in [1.54, 1.807) is 20.4 Å². The number of fused-ring (bicyclic) bond motifs is 1. The molecule has 3 heterocycles. The summed E-state index contributed by atoms with van der Waals surface area (Å²) in [6, 6.07) is 7.76. The molecule has 4 aromatic rings. The number of imidazole rings is 1. The average molecular weight is 408 g/mol. The van der Waals surface area contributed by atoms with Crippen LogP contribution in [0.4, 0.5) is 0 Å². The quantitative estimate of drug-likeness (QED) is 0.429. The SMILES string of the molecule is CCOC(=O)c1cnn(-c2nc(OC)c3c(ncn3Cc3ccc(OC)cc3)n2)c1. The first-order valence-corrected chi connectivity index (χ1v) is 9.25. The molecule has 0 aliphatic rings.